The summed E-state index contributed by atoms with van der Waals surface area (Å²) < 4.78 is 10.2. The summed E-state index contributed by atoms with van der Waals surface area (Å²) in [4.78, 5) is 21.6. The number of fused-ring (bicyclic) bond motifs is 1. The van der Waals surface area contributed by atoms with Crippen LogP contribution in [0.5, 0.6) is 5.75 Å². The molecule has 0 amide bonds. The monoisotopic (exact) mass is 291 g/mol. The van der Waals surface area contributed by atoms with E-state index < -0.39 is 17.0 Å². The Labute approximate surface area is 119 Å². The predicted molar refractivity (Wildman–Crippen MR) is 74.5 cm³/mol. The zero-order chi connectivity index (χ0) is 15.4. The maximum Gasteiger partial charge on any atom is 0.347 e. The summed E-state index contributed by atoms with van der Waals surface area (Å²) in [5.41, 5.74) is -0.0587. The average Bonchev–Trinajstić information content (AvgIpc) is 2.46. The number of carboxylic acids is 1. The number of benzene rings is 2. The van der Waals surface area contributed by atoms with E-state index in [4.69, 9.17) is 14.6 Å². The number of nitrogens with zero attached hydrogens (tertiary/aromatic N) is 1. The molecule has 0 fully saturated rings. The number of rotatable bonds is 6. The number of carboxylic acid groups (broad SMARTS) is 1. The number of aliphatic carboxylic acids is 1. The molecule has 110 valence electrons. The molecular weight excluding hydrogens is 278 g/mol. The van der Waals surface area contributed by atoms with Crippen molar-refractivity contribution in [1.82, 2.24) is 0 Å². The Bertz CT molecular complexity index is 684. The van der Waals surface area contributed by atoms with Gasteiger partial charge in [-0.05, 0) is 12.1 Å². The maximum absolute atomic E-state index is 11.1. The lowest BCUT2D eigenvalue weighted by molar-refractivity contribution is -0.383. The van der Waals surface area contributed by atoms with Crippen molar-refractivity contribution in [3.63, 3.8) is 0 Å². The second-order valence-corrected chi connectivity index (χ2v) is 4.29. The van der Waals surface area contributed by atoms with Gasteiger partial charge in [-0.1, -0.05) is 18.2 Å². The molecule has 0 heterocycles. The third-order valence-corrected chi connectivity index (χ3v) is 2.92. The van der Waals surface area contributed by atoms with Gasteiger partial charge in [-0.3, -0.25) is 10.1 Å². The summed E-state index contributed by atoms with van der Waals surface area (Å²) in [5, 5.41) is 20.9. The first kappa shape index (κ1) is 14.7. The van der Waals surface area contributed by atoms with Gasteiger partial charge < -0.3 is 14.6 Å². The minimum absolute atomic E-state index is 0.0587. The number of nitro groups is 1. The van der Waals surface area contributed by atoms with Crippen LogP contribution in [0.4, 0.5) is 5.69 Å². The molecule has 0 spiro atoms. The molecule has 0 radical (unpaired) electrons. The molecule has 2 rings (SSSR count). The second-order valence-electron chi connectivity index (χ2n) is 4.29. The Morgan fingerprint density at radius 1 is 1.29 bits per heavy atom. The lowest BCUT2D eigenvalue weighted by atomic mass is 10.1. The smallest absolute Gasteiger partial charge is 0.347 e. The number of non-ortho nitro benzene ring substituents is 1. The summed E-state index contributed by atoms with van der Waals surface area (Å²) in [6.45, 7) is -0.124. The minimum Gasteiger partial charge on any atom is -0.478 e. The molecule has 1 N–H and O–H groups in total. The number of methoxy groups -OCH3 is 1. The third-order valence-electron chi connectivity index (χ3n) is 2.92. The Morgan fingerprint density at radius 3 is 2.52 bits per heavy atom. The van der Waals surface area contributed by atoms with Crippen LogP contribution in [0.15, 0.2) is 36.4 Å². The van der Waals surface area contributed by atoms with Gasteiger partial charge in [-0.15, -0.1) is 0 Å². The van der Waals surface area contributed by atoms with E-state index >= 15 is 0 Å². The van der Waals surface area contributed by atoms with Crippen LogP contribution in [-0.4, -0.2) is 35.8 Å². The number of hydrogen-bond acceptors (Lipinski definition) is 5. The Kier molecular flexibility index (Phi) is 4.34. The highest BCUT2D eigenvalue weighted by atomic mass is 16.6. The largest absolute Gasteiger partial charge is 0.478 e. The van der Waals surface area contributed by atoms with Gasteiger partial charge >= 0.3 is 5.97 Å². The van der Waals surface area contributed by atoms with Gasteiger partial charge in [0.15, 0.2) is 0 Å². The molecular formula is C14H13NO6. The predicted octanol–water partition coefficient (Wildman–Crippen LogP) is 2.23. The molecule has 1 atom stereocenters. The molecule has 0 saturated carbocycles. The fourth-order valence-electron chi connectivity index (χ4n) is 1.98. The molecule has 0 bridgehead atoms. The van der Waals surface area contributed by atoms with Crippen LogP contribution in [0.25, 0.3) is 10.8 Å². The topological polar surface area (TPSA) is 98.9 Å². The SMILES string of the molecule is COCC(Oc1ccc([N+](=O)[O-])c2ccccc12)C(=O)O. The summed E-state index contributed by atoms with van der Waals surface area (Å²) in [5.74, 6) is -0.903. The van der Waals surface area contributed by atoms with Crippen molar-refractivity contribution in [1.29, 1.82) is 0 Å². The van der Waals surface area contributed by atoms with E-state index in [0.717, 1.165) is 0 Å². The summed E-state index contributed by atoms with van der Waals surface area (Å²) >= 11 is 0. The molecule has 0 aliphatic rings. The zero-order valence-corrected chi connectivity index (χ0v) is 11.2. The number of nitro benzene ring substituents is 1. The van der Waals surface area contributed by atoms with Crippen molar-refractivity contribution >= 4 is 22.4 Å². The fourth-order valence-corrected chi connectivity index (χ4v) is 1.98. The van der Waals surface area contributed by atoms with Crippen molar-refractivity contribution in [3.8, 4) is 5.75 Å². The van der Waals surface area contributed by atoms with Gasteiger partial charge in [0.25, 0.3) is 5.69 Å². The Balaban J connectivity index is 2.48. The first-order chi connectivity index (χ1) is 10.0. The van der Waals surface area contributed by atoms with Gasteiger partial charge in [0, 0.05) is 18.6 Å². The van der Waals surface area contributed by atoms with E-state index in [1.165, 1.54) is 19.2 Å². The van der Waals surface area contributed by atoms with Crippen LogP contribution < -0.4 is 4.74 Å². The highest BCUT2D eigenvalue weighted by Crippen LogP contribution is 2.33. The van der Waals surface area contributed by atoms with E-state index in [-0.39, 0.29) is 18.0 Å². The van der Waals surface area contributed by atoms with Gasteiger partial charge in [-0.25, -0.2) is 4.79 Å². The van der Waals surface area contributed by atoms with Crippen LogP contribution in [0.1, 0.15) is 0 Å². The molecule has 7 nitrogen and oxygen atoms in total. The molecule has 0 aliphatic carbocycles. The maximum atomic E-state index is 11.1. The van der Waals surface area contributed by atoms with E-state index in [0.29, 0.717) is 10.8 Å². The number of carbonyl (C=O) groups is 1. The molecule has 7 heteroatoms. The standard InChI is InChI=1S/C14H13NO6/c1-20-8-13(14(16)17)21-12-7-6-11(15(18)19)9-4-2-3-5-10(9)12/h2-7,13H,8H2,1H3,(H,16,17). The molecule has 0 saturated heterocycles. The normalized spacial score (nSPS) is 12.0. The summed E-state index contributed by atoms with van der Waals surface area (Å²) in [6, 6.07) is 9.29. The van der Waals surface area contributed by atoms with Crippen molar-refractivity contribution in [2.24, 2.45) is 0 Å². The average molecular weight is 291 g/mol. The van der Waals surface area contributed by atoms with Crippen molar-refractivity contribution in [2.75, 3.05) is 13.7 Å². The first-order valence-electron chi connectivity index (χ1n) is 6.09. The Hall–Kier alpha value is -2.67. The number of hydrogen-bond donors (Lipinski definition) is 1. The van der Waals surface area contributed by atoms with E-state index in [1.807, 2.05) is 0 Å². The quantitative estimate of drug-likeness (QED) is 0.647. The highest BCUT2D eigenvalue weighted by Gasteiger charge is 2.22. The molecule has 2 aromatic rings. The zero-order valence-electron chi connectivity index (χ0n) is 11.2. The third kappa shape index (κ3) is 3.09. The highest BCUT2D eigenvalue weighted by molar-refractivity contribution is 5.95. The van der Waals surface area contributed by atoms with E-state index in [9.17, 15) is 14.9 Å². The number of ether oxygens (including phenoxy) is 2. The lowest BCUT2D eigenvalue weighted by Crippen LogP contribution is -2.31. The van der Waals surface area contributed by atoms with Crippen molar-refractivity contribution < 1.29 is 24.3 Å². The van der Waals surface area contributed by atoms with Gasteiger partial charge in [0.05, 0.1) is 16.9 Å². The molecule has 0 aromatic heterocycles. The van der Waals surface area contributed by atoms with Gasteiger partial charge in [0.1, 0.15) is 5.75 Å². The molecule has 1 unspecified atom stereocenters. The van der Waals surface area contributed by atoms with Gasteiger partial charge in [0.2, 0.25) is 6.10 Å². The Morgan fingerprint density at radius 2 is 1.95 bits per heavy atom. The molecule has 2 aromatic carbocycles. The van der Waals surface area contributed by atoms with Crippen LogP contribution in [0.3, 0.4) is 0 Å². The second kappa shape index (κ2) is 6.19. The molecule has 0 aliphatic heterocycles. The van der Waals surface area contributed by atoms with Gasteiger partial charge in [-0.2, -0.15) is 0 Å². The summed E-state index contributed by atoms with van der Waals surface area (Å²) in [6.07, 6.45) is -1.18. The van der Waals surface area contributed by atoms with Crippen LogP contribution >= 0.6 is 0 Å². The van der Waals surface area contributed by atoms with Crippen LogP contribution in [0, 0.1) is 10.1 Å². The van der Waals surface area contributed by atoms with E-state index in [1.54, 1.807) is 24.3 Å². The molecule has 21 heavy (non-hydrogen) atoms. The fraction of sp³-hybridized carbons (Fsp3) is 0.214. The first-order valence-corrected chi connectivity index (χ1v) is 6.09. The van der Waals surface area contributed by atoms with Crippen molar-refractivity contribution in [2.45, 2.75) is 6.10 Å². The van der Waals surface area contributed by atoms with E-state index in [2.05, 4.69) is 0 Å². The van der Waals surface area contributed by atoms with Crippen LogP contribution in [-0.2, 0) is 9.53 Å². The minimum atomic E-state index is -1.18. The lowest BCUT2D eigenvalue weighted by Gasteiger charge is -2.15. The van der Waals surface area contributed by atoms with Crippen molar-refractivity contribution in [3.05, 3.63) is 46.5 Å². The van der Waals surface area contributed by atoms with Crippen LogP contribution in [0.2, 0.25) is 0 Å². The summed E-state index contributed by atoms with van der Waals surface area (Å²) in [7, 11) is 1.37.